The van der Waals surface area contributed by atoms with Gasteiger partial charge in [0.05, 0.1) is 6.04 Å². The minimum atomic E-state index is -0.158. The Morgan fingerprint density at radius 3 is 2.70 bits per heavy atom. The lowest BCUT2D eigenvalue weighted by Gasteiger charge is -2.19. The molecule has 1 heterocycles. The van der Waals surface area contributed by atoms with Crippen LogP contribution in [0.4, 0.5) is 5.69 Å². The molecule has 3 aromatic rings. The quantitative estimate of drug-likeness (QED) is 0.393. The van der Waals surface area contributed by atoms with Crippen molar-refractivity contribution in [3.63, 3.8) is 0 Å². The fourth-order valence-corrected chi connectivity index (χ4v) is 3.52. The first-order chi connectivity index (χ1) is 9.70. The lowest BCUT2D eigenvalue weighted by atomic mass is 9.97. The zero-order valence-electron chi connectivity index (χ0n) is 10.6. The normalized spacial score (nSPS) is 12.7. The van der Waals surface area contributed by atoms with E-state index in [0.29, 0.717) is 10.7 Å². The third kappa shape index (κ3) is 2.27. The third-order valence-corrected chi connectivity index (χ3v) is 4.56. The van der Waals surface area contributed by atoms with Crippen molar-refractivity contribution in [3.8, 4) is 0 Å². The predicted octanol–water partition coefficient (Wildman–Crippen LogP) is 3.69. The largest absolute Gasteiger partial charge is 0.398 e. The van der Waals surface area contributed by atoms with E-state index in [1.807, 2.05) is 18.2 Å². The molecular formula is C15H14ClN3S. The predicted molar refractivity (Wildman–Crippen MR) is 86.9 cm³/mol. The zero-order chi connectivity index (χ0) is 14.1. The molecule has 1 unspecified atom stereocenters. The maximum Gasteiger partial charge on any atom is 0.0743 e. The van der Waals surface area contributed by atoms with E-state index in [1.165, 1.54) is 10.1 Å². The molecule has 0 spiro atoms. The maximum absolute atomic E-state index is 6.08. The van der Waals surface area contributed by atoms with Crippen LogP contribution >= 0.6 is 22.9 Å². The van der Waals surface area contributed by atoms with E-state index >= 15 is 0 Å². The van der Waals surface area contributed by atoms with Crippen molar-refractivity contribution < 1.29 is 0 Å². The van der Waals surface area contributed by atoms with Crippen LogP contribution in [0.5, 0.6) is 0 Å². The summed E-state index contributed by atoms with van der Waals surface area (Å²) in [7, 11) is 0. The fraction of sp³-hybridized carbons (Fsp3) is 0.0667. The average molecular weight is 304 g/mol. The number of hydrazine groups is 1. The van der Waals surface area contributed by atoms with Gasteiger partial charge in [-0.1, -0.05) is 35.9 Å². The molecule has 1 atom stereocenters. The molecule has 1 aromatic heterocycles. The number of hydrogen-bond acceptors (Lipinski definition) is 4. The number of halogens is 1. The molecule has 0 aliphatic rings. The van der Waals surface area contributed by atoms with Crippen molar-refractivity contribution in [2.75, 3.05) is 5.73 Å². The lowest BCUT2D eigenvalue weighted by Crippen LogP contribution is -2.29. The number of nitrogens with one attached hydrogen (secondary N) is 1. The Bertz CT molecular complexity index is 754. The number of nitrogens with two attached hydrogens (primary N) is 2. The summed E-state index contributed by atoms with van der Waals surface area (Å²) in [4.78, 5) is 0. The summed E-state index contributed by atoms with van der Waals surface area (Å²) in [5.41, 5.74) is 11.6. The van der Waals surface area contributed by atoms with Gasteiger partial charge in [0.2, 0.25) is 0 Å². The molecular weight excluding hydrogens is 290 g/mol. The van der Waals surface area contributed by atoms with E-state index < -0.39 is 0 Å². The summed E-state index contributed by atoms with van der Waals surface area (Å²) in [5.74, 6) is 5.77. The van der Waals surface area contributed by atoms with E-state index in [2.05, 4.69) is 29.0 Å². The van der Waals surface area contributed by atoms with Crippen LogP contribution in [0.15, 0.2) is 47.8 Å². The molecule has 0 amide bonds. The van der Waals surface area contributed by atoms with Crippen molar-refractivity contribution >= 4 is 38.7 Å². The molecule has 5 heteroatoms. The van der Waals surface area contributed by atoms with Gasteiger partial charge in [-0.15, -0.1) is 11.3 Å². The van der Waals surface area contributed by atoms with Gasteiger partial charge in [0.15, 0.2) is 0 Å². The van der Waals surface area contributed by atoms with Gasteiger partial charge in [-0.3, -0.25) is 5.84 Å². The van der Waals surface area contributed by atoms with Crippen molar-refractivity contribution in [2.24, 2.45) is 5.84 Å². The van der Waals surface area contributed by atoms with Gasteiger partial charge in [0, 0.05) is 15.4 Å². The molecule has 0 radical (unpaired) electrons. The highest BCUT2D eigenvalue weighted by atomic mass is 35.5. The molecule has 2 aromatic carbocycles. The van der Waals surface area contributed by atoms with E-state index in [1.54, 1.807) is 17.4 Å². The molecule has 102 valence electrons. The van der Waals surface area contributed by atoms with Gasteiger partial charge in [-0.25, -0.2) is 5.43 Å². The summed E-state index contributed by atoms with van der Waals surface area (Å²) >= 11 is 7.66. The Morgan fingerprint density at radius 1 is 1.10 bits per heavy atom. The summed E-state index contributed by atoms with van der Waals surface area (Å²) in [5, 5.41) is 3.91. The number of thiophene rings is 1. The molecule has 0 saturated carbocycles. The molecule has 0 saturated heterocycles. The summed E-state index contributed by atoms with van der Waals surface area (Å²) < 4.78 is 1.21. The van der Waals surface area contributed by atoms with Crippen LogP contribution in [0.1, 0.15) is 17.2 Å². The highest BCUT2D eigenvalue weighted by molar-refractivity contribution is 7.17. The molecule has 5 N–H and O–H groups in total. The number of nitrogen functional groups attached to an aromatic ring is 1. The second-order valence-corrected chi connectivity index (χ2v) is 5.91. The Hall–Kier alpha value is -1.59. The summed E-state index contributed by atoms with van der Waals surface area (Å²) in [6, 6.07) is 13.6. The van der Waals surface area contributed by atoms with Gasteiger partial charge in [-0.2, -0.15) is 0 Å². The first kappa shape index (κ1) is 13.4. The molecule has 0 aliphatic heterocycles. The van der Waals surface area contributed by atoms with Crippen LogP contribution in [-0.2, 0) is 0 Å². The lowest BCUT2D eigenvalue weighted by molar-refractivity contribution is 0.643. The number of hydrogen-bond donors (Lipinski definition) is 3. The molecule has 20 heavy (non-hydrogen) atoms. The first-order valence-corrected chi connectivity index (χ1v) is 7.43. The highest BCUT2D eigenvalue weighted by Gasteiger charge is 2.18. The SMILES string of the molecule is NNC(c1ccc(Cl)cc1N)c1cccc2ccsc12. The van der Waals surface area contributed by atoms with Crippen molar-refractivity contribution in [3.05, 3.63) is 64.0 Å². The Labute approximate surface area is 126 Å². The number of rotatable bonds is 3. The minimum absolute atomic E-state index is 0.158. The topological polar surface area (TPSA) is 64.1 Å². The molecule has 0 fully saturated rings. The molecule has 0 aliphatic carbocycles. The van der Waals surface area contributed by atoms with Gasteiger partial charge < -0.3 is 5.73 Å². The van der Waals surface area contributed by atoms with Crippen molar-refractivity contribution in [2.45, 2.75) is 6.04 Å². The first-order valence-electron chi connectivity index (χ1n) is 6.18. The third-order valence-electron chi connectivity index (χ3n) is 3.35. The van der Waals surface area contributed by atoms with Crippen LogP contribution in [0.25, 0.3) is 10.1 Å². The molecule has 3 rings (SSSR count). The van der Waals surface area contributed by atoms with E-state index in [-0.39, 0.29) is 6.04 Å². The maximum atomic E-state index is 6.08. The number of anilines is 1. The second-order valence-electron chi connectivity index (χ2n) is 4.56. The fourth-order valence-electron chi connectivity index (χ4n) is 2.40. The Balaban J connectivity index is 2.16. The molecule has 3 nitrogen and oxygen atoms in total. The Kier molecular flexibility index (Phi) is 3.63. The van der Waals surface area contributed by atoms with Gasteiger partial charge in [-0.05, 0) is 40.1 Å². The van der Waals surface area contributed by atoms with Crippen LogP contribution in [-0.4, -0.2) is 0 Å². The van der Waals surface area contributed by atoms with Crippen molar-refractivity contribution in [1.82, 2.24) is 5.43 Å². The second kappa shape index (κ2) is 5.42. The van der Waals surface area contributed by atoms with Gasteiger partial charge >= 0.3 is 0 Å². The van der Waals surface area contributed by atoms with E-state index in [9.17, 15) is 0 Å². The highest BCUT2D eigenvalue weighted by Crippen LogP contribution is 2.34. The Morgan fingerprint density at radius 2 is 1.95 bits per heavy atom. The number of fused-ring (bicyclic) bond motifs is 1. The summed E-state index contributed by atoms with van der Waals surface area (Å²) in [6.45, 7) is 0. The van der Waals surface area contributed by atoms with E-state index in [4.69, 9.17) is 23.2 Å². The van der Waals surface area contributed by atoms with Crippen LogP contribution in [0, 0.1) is 0 Å². The minimum Gasteiger partial charge on any atom is -0.398 e. The van der Waals surface area contributed by atoms with Crippen LogP contribution in [0.2, 0.25) is 5.02 Å². The van der Waals surface area contributed by atoms with Crippen LogP contribution < -0.4 is 17.0 Å². The van der Waals surface area contributed by atoms with Gasteiger partial charge in [0.25, 0.3) is 0 Å². The smallest absolute Gasteiger partial charge is 0.0743 e. The monoisotopic (exact) mass is 303 g/mol. The average Bonchev–Trinajstić information content (AvgIpc) is 2.91. The standard InChI is InChI=1S/C15H14ClN3S/c16-10-4-5-11(13(17)8-10)14(19-18)12-3-1-2-9-6-7-20-15(9)12/h1-8,14,19H,17-18H2. The summed E-state index contributed by atoms with van der Waals surface area (Å²) in [6.07, 6.45) is 0. The zero-order valence-corrected chi connectivity index (χ0v) is 12.2. The van der Waals surface area contributed by atoms with Gasteiger partial charge in [0.1, 0.15) is 0 Å². The van der Waals surface area contributed by atoms with Crippen molar-refractivity contribution in [1.29, 1.82) is 0 Å². The van der Waals surface area contributed by atoms with E-state index in [0.717, 1.165) is 11.1 Å². The van der Waals surface area contributed by atoms with Crippen LogP contribution in [0.3, 0.4) is 0 Å². The number of benzene rings is 2. The molecule has 0 bridgehead atoms.